The summed E-state index contributed by atoms with van der Waals surface area (Å²) in [5.74, 6) is -1.16. The molecule has 0 saturated carbocycles. The molecule has 1 unspecified atom stereocenters. The molecule has 1 heterocycles. The van der Waals surface area contributed by atoms with Gasteiger partial charge in [-0.2, -0.15) is 0 Å². The number of hydrogen-bond donors (Lipinski definition) is 1. The van der Waals surface area contributed by atoms with Gasteiger partial charge in [0.25, 0.3) is 0 Å². The fourth-order valence-electron chi connectivity index (χ4n) is 3.14. The summed E-state index contributed by atoms with van der Waals surface area (Å²) in [7, 11) is 0. The lowest BCUT2D eigenvalue weighted by Gasteiger charge is -2.18. The van der Waals surface area contributed by atoms with Crippen LogP contribution >= 0.6 is 34.5 Å². The molecule has 0 saturated heterocycles. The van der Waals surface area contributed by atoms with Crippen LogP contribution in [0.4, 0.5) is 13.6 Å². The second-order valence-corrected chi connectivity index (χ2v) is 8.52. The molecule has 0 spiro atoms. The van der Waals surface area contributed by atoms with E-state index in [0.29, 0.717) is 20.8 Å². The molecular formula is C22H14Cl2F2N2O3S. The van der Waals surface area contributed by atoms with E-state index in [9.17, 15) is 13.6 Å². The number of nitrogens with zero attached hydrogens (tertiary/aromatic N) is 1. The number of para-hydroxylation sites is 1. The van der Waals surface area contributed by atoms with Gasteiger partial charge in [0.05, 0.1) is 25.8 Å². The summed E-state index contributed by atoms with van der Waals surface area (Å²) < 4.78 is 40.3. The first-order valence-corrected chi connectivity index (χ1v) is 10.8. The molecule has 10 heteroatoms. The smallest absolute Gasteiger partial charge is 0.409 e. The van der Waals surface area contributed by atoms with Crippen LogP contribution in [0.25, 0.3) is 20.8 Å². The average molecular weight is 495 g/mol. The number of fused-ring (bicyclic) bond motifs is 1. The summed E-state index contributed by atoms with van der Waals surface area (Å²) >= 11 is 13.3. The number of halogens is 4. The van der Waals surface area contributed by atoms with E-state index in [1.165, 1.54) is 35.6 Å². The molecule has 1 amide bonds. The summed E-state index contributed by atoms with van der Waals surface area (Å²) in [5.41, 5.74) is 6.05. The Balaban J connectivity index is 1.70. The highest BCUT2D eigenvalue weighted by atomic mass is 35.5. The number of thiazole rings is 1. The van der Waals surface area contributed by atoms with E-state index in [0.717, 1.165) is 0 Å². The molecule has 4 rings (SSSR count). The van der Waals surface area contributed by atoms with Crippen molar-refractivity contribution < 1.29 is 23.0 Å². The first kappa shape index (κ1) is 22.3. The third-order valence-corrected chi connectivity index (χ3v) is 6.43. The van der Waals surface area contributed by atoms with Gasteiger partial charge in [-0.1, -0.05) is 35.3 Å². The van der Waals surface area contributed by atoms with Crippen LogP contribution in [0.1, 0.15) is 18.6 Å². The minimum absolute atomic E-state index is 0.00628. The molecule has 32 heavy (non-hydrogen) atoms. The zero-order valence-corrected chi connectivity index (χ0v) is 18.7. The van der Waals surface area contributed by atoms with Crippen molar-refractivity contribution >= 4 is 50.8 Å². The molecule has 5 nitrogen and oxygen atoms in total. The van der Waals surface area contributed by atoms with Gasteiger partial charge in [-0.15, -0.1) is 11.3 Å². The third kappa shape index (κ3) is 4.34. The number of hydrogen-bond acceptors (Lipinski definition) is 5. The summed E-state index contributed by atoms with van der Waals surface area (Å²) in [6.45, 7) is 1.54. The number of rotatable bonds is 5. The maximum Gasteiger partial charge on any atom is 0.409 e. The van der Waals surface area contributed by atoms with Crippen LogP contribution < -0.4 is 15.2 Å². The van der Waals surface area contributed by atoms with E-state index in [4.69, 9.17) is 38.4 Å². The van der Waals surface area contributed by atoms with Crippen molar-refractivity contribution in [2.75, 3.05) is 0 Å². The van der Waals surface area contributed by atoms with Gasteiger partial charge in [0, 0.05) is 17.7 Å². The molecule has 3 aromatic carbocycles. The highest BCUT2D eigenvalue weighted by Crippen LogP contribution is 2.39. The van der Waals surface area contributed by atoms with E-state index in [-0.39, 0.29) is 27.1 Å². The molecule has 0 bridgehead atoms. The van der Waals surface area contributed by atoms with E-state index in [2.05, 4.69) is 4.98 Å². The predicted octanol–water partition coefficient (Wildman–Crippen LogP) is 7.15. The number of carbonyl (C=O) groups is 1. The Bertz CT molecular complexity index is 1350. The zero-order valence-electron chi connectivity index (χ0n) is 16.4. The molecule has 1 atom stereocenters. The summed E-state index contributed by atoms with van der Waals surface area (Å²) in [5, 5.41) is 0.663. The maximum absolute atomic E-state index is 14.7. The van der Waals surface area contributed by atoms with Crippen LogP contribution in [0.15, 0.2) is 48.5 Å². The van der Waals surface area contributed by atoms with E-state index >= 15 is 0 Å². The van der Waals surface area contributed by atoms with Gasteiger partial charge in [-0.3, -0.25) is 0 Å². The fraction of sp³-hybridized carbons (Fsp3) is 0.0909. The monoisotopic (exact) mass is 494 g/mol. The Kier molecular flexibility index (Phi) is 6.19. The molecule has 1 aromatic heterocycles. The fourth-order valence-corrected chi connectivity index (χ4v) is 4.62. The molecule has 0 radical (unpaired) electrons. The van der Waals surface area contributed by atoms with Gasteiger partial charge in [-0.25, -0.2) is 18.6 Å². The number of nitrogens with two attached hydrogens (primary N) is 1. The minimum Gasteiger partial charge on any atom is -0.483 e. The van der Waals surface area contributed by atoms with Crippen LogP contribution in [0.5, 0.6) is 11.5 Å². The highest BCUT2D eigenvalue weighted by molar-refractivity contribution is 7.21. The molecule has 0 aliphatic rings. The Labute approximate surface area is 195 Å². The van der Waals surface area contributed by atoms with Crippen LogP contribution in [-0.2, 0) is 0 Å². The maximum atomic E-state index is 14.7. The van der Waals surface area contributed by atoms with Crippen molar-refractivity contribution in [2.45, 2.75) is 13.0 Å². The second kappa shape index (κ2) is 8.90. The summed E-state index contributed by atoms with van der Waals surface area (Å²) in [6, 6.07) is 11.9. The zero-order chi connectivity index (χ0) is 23.0. The van der Waals surface area contributed by atoms with Gasteiger partial charge < -0.3 is 15.2 Å². The van der Waals surface area contributed by atoms with Crippen molar-refractivity contribution in [3.05, 3.63) is 75.8 Å². The van der Waals surface area contributed by atoms with Crippen molar-refractivity contribution in [2.24, 2.45) is 5.73 Å². The molecular weight excluding hydrogens is 481 g/mol. The van der Waals surface area contributed by atoms with Crippen molar-refractivity contribution in [3.63, 3.8) is 0 Å². The lowest BCUT2D eigenvalue weighted by Crippen LogP contribution is -2.16. The summed E-state index contributed by atoms with van der Waals surface area (Å²) in [6.07, 6.45) is -1.87. The first-order valence-electron chi connectivity index (χ1n) is 9.21. The van der Waals surface area contributed by atoms with Crippen LogP contribution in [0, 0.1) is 11.6 Å². The average Bonchev–Trinajstić information content (AvgIpc) is 3.13. The molecule has 164 valence electrons. The van der Waals surface area contributed by atoms with Crippen molar-refractivity contribution in [1.82, 2.24) is 4.98 Å². The second-order valence-electron chi connectivity index (χ2n) is 6.70. The SMILES string of the molecule is CC(Oc1cc2sc(-c3ccccc3OC(N)=O)nc2cc1F)c1c(F)ccc(Cl)c1Cl. The van der Waals surface area contributed by atoms with Gasteiger partial charge in [0.1, 0.15) is 22.7 Å². The Morgan fingerprint density at radius 1 is 1.09 bits per heavy atom. The largest absolute Gasteiger partial charge is 0.483 e. The van der Waals surface area contributed by atoms with Gasteiger partial charge in [0.15, 0.2) is 11.6 Å². The molecule has 2 N–H and O–H groups in total. The van der Waals surface area contributed by atoms with Gasteiger partial charge in [-0.05, 0) is 31.2 Å². The minimum atomic E-state index is -0.957. The highest BCUT2D eigenvalue weighted by Gasteiger charge is 2.21. The van der Waals surface area contributed by atoms with Crippen LogP contribution in [-0.4, -0.2) is 11.1 Å². The summed E-state index contributed by atoms with van der Waals surface area (Å²) in [4.78, 5) is 15.6. The molecule has 0 aliphatic carbocycles. The molecule has 4 aromatic rings. The number of benzene rings is 3. The number of primary amides is 1. The molecule has 0 aliphatic heterocycles. The van der Waals surface area contributed by atoms with Crippen molar-refractivity contribution in [1.29, 1.82) is 0 Å². The first-order chi connectivity index (χ1) is 15.2. The Hall–Kier alpha value is -2.94. The quantitative estimate of drug-likeness (QED) is 0.299. The lowest BCUT2D eigenvalue weighted by atomic mass is 10.1. The van der Waals surface area contributed by atoms with Crippen molar-refractivity contribution in [3.8, 4) is 22.1 Å². The van der Waals surface area contributed by atoms with Crippen LogP contribution in [0.2, 0.25) is 10.0 Å². The number of amides is 1. The van der Waals surface area contributed by atoms with Crippen LogP contribution in [0.3, 0.4) is 0 Å². The van der Waals surface area contributed by atoms with E-state index in [1.54, 1.807) is 31.2 Å². The lowest BCUT2D eigenvalue weighted by molar-refractivity contribution is 0.211. The standard InChI is InChI=1S/C22H14Cl2F2N2O3S/c1-10(19-13(25)7-6-12(23)20(19)24)30-17-9-18-15(8-14(17)26)28-21(32-18)11-4-2-3-5-16(11)31-22(27)29/h2-10H,1H3,(H2,27,29). The van der Waals surface area contributed by atoms with E-state index < -0.39 is 23.8 Å². The van der Waals surface area contributed by atoms with Gasteiger partial charge >= 0.3 is 6.09 Å². The Morgan fingerprint density at radius 3 is 2.59 bits per heavy atom. The number of aromatic nitrogens is 1. The number of ether oxygens (including phenoxy) is 2. The third-order valence-electron chi connectivity index (χ3n) is 4.56. The number of carbonyl (C=O) groups excluding carboxylic acids is 1. The predicted molar refractivity (Wildman–Crippen MR) is 121 cm³/mol. The topological polar surface area (TPSA) is 74.4 Å². The Morgan fingerprint density at radius 2 is 1.84 bits per heavy atom. The van der Waals surface area contributed by atoms with E-state index in [1.807, 2.05) is 0 Å². The normalized spacial score (nSPS) is 12.0. The van der Waals surface area contributed by atoms with Gasteiger partial charge in [0.2, 0.25) is 0 Å². The molecule has 0 fully saturated rings.